The molecule has 1 fully saturated rings. The Hall–Kier alpha value is -1.35. The van der Waals surface area contributed by atoms with Crippen LogP contribution in [0, 0.1) is 0 Å². The van der Waals surface area contributed by atoms with Crippen LogP contribution in [0.25, 0.3) is 20.5 Å². The van der Waals surface area contributed by atoms with Gasteiger partial charge < -0.3 is 4.74 Å². The Morgan fingerprint density at radius 2 is 1.95 bits per heavy atom. The number of thiophene rings is 1. The summed E-state index contributed by atoms with van der Waals surface area (Å²) in [4.78, 5) is 1.28. The van der Waals surface area contributed by atoms with Gasteiger partial charge in [0.15, 0.2) is 0 Å². The van der Waals surface area contributed by atoms with Crippen molar-refractivity contribution in [1.82, 2.24) is 0 Å². The maximum Gasteiger partial charge on any atom is 0.107 e. The van der Waals surface area contributed by atoms with E-state index in [1.807, 2.05) is 23.5 Å². The van der Waals surface area contributed by atoms with Crippen LogP contribution in [0.15, 0.2) is 48.5 Å². The Labute approximate surface area is 120 Å². The van der Waals surface area contributed by atoms with Crippen LogP contribution < -0.4 is 0 Å². The van der Waals surface area contributed by atoms with Crippen LogP contribution in [-0.4, -0.2) is 6.61 Å². The van der Waals surface area contributed by atoms with Crippen molar-refractivity contribution < 1.29 is 4.74 Å². The predicted octanol–water partition coefficient (Wildman–Crippen LogP) is 5.29. The van der Waals surface area contributed by atoms with E-state index >= 15 is 0 Å². The Kier molecular flexibility index (Phi) is 2.62. The molecular weight excluding hydrogens is 276 g/mol. The fourth-order valence-electron chi connectivity index (χ4n) is 2.37. The molecule has 4 rings (SSSR count). The second-order valence-electron chi connectivity index (χ2n) is 4.70. The van der Waals surface area contributed by atoms with E-state index in [1.165, 1.54) is 26.1 Å². The molecule has 0 N–H and O–H groups in total. The Morgan fingerprint density at radius 1 is 1.11 bits per heavy atom. The fraction of sp³-hybridized carbons (Fsp3) is 0.125. The van der Waals surface area contributed by atoms with Gasteiger partial charge in [0.05, 0.1) is 6.61 Å². The molecule has 1 aromatic heterocycles. The van der Waals surface area contributed by atoms with Gasteiger partial charge in [0.1, 0.15) is 6.10 Å². The van der Waals surface area contributed by atoms with Gasteiger partial charge >= 0.3 is 0 Å². The molecule has 94 valence electrons. The first kappa shape index (κ1) is 11.5. The van der Waals surface area contributed by atoms with Crippen LogP contribution in [0.3, 0.4) is 0 Å². The maximum absolute atomic E-state index is 6.10. The third-order valence-electron chi connectivity index (χ3n) is 3.38. The SMILES string of the molecule is Clc1ccc(-c2cc3ccccc3s2)c(C2CO2)c1. The summed E-state index contributed by atoms with van der Waals surface area (Å²) in [5.41, 5.74) is 2.45. The summed E-state index contributed by atoms with van der Waals surface area (Å²) in [6.07, 6.45) is 0.221. The van der Waals surface area contributed by atoms with E-state index in [9.17, 15) is 0 Å². The number of halogens is 1. The molecule has 0 spiro atoms. The van der Waals surface area contributed by atoms with Crippen molar-refractivity contribution in [2.75, 3.05) is 6.61 Å². The summed E-state index contributed by atoms with van der Waals surface area (Å²) >= 11 is 7.92. The number of fused-ring (bicyclic) bond motifs is 1. The highest BCUT2D eigenvalue weighted by atomic mass is 35.5. The van der Waals surface area contributed by atoms with Gasteiger partial charge in [-0.15, -0.1) is 11.3 Å². The Bertz CT molecular complexity index is 725. The molecule has 0 aliphatic carbocycles. The van der Waals surface area contributed by atoms with Crippen molar-refractivity contribution in [2.45, 2.75) is 6.10 Å². The molecule has 0 saturated carbocycles. The molecule has 0 bridgehead atoms. The first-order chi connectivity index (χ1) is 9.31. The number of ether oxygens (including phenoxy) is 1. The number of rotatable bonds is 2. The molecule has 2 aromatic carbocycles. The highest BCUT2D eigenvalue weighted by Gasteiger charge is 2.28. The van der Waals surface area contributed by atoms with Gasteiger partial charge in [0.25, 0.3) is 0 Å². The predicted molar refractivity (Wildman–Crippen MR) is 81.0 cm³/mol. The third-order valence-corrected chi connectivity index (χ3v) is 4.77. The van der Waals surface area contributed by atoms with Crippen LogP contribution in [0.2, 0.25) is 5.02 Å². The summed E-state index contributed by atoms with van der Waals surface area (Å²) in [5, 5.41) is 2.07. The molecule has 1 saturated heterocycles. The second-order valence-corrected chi connectivity index (χ2v) is 6.22. The highest BCUT2D eigenvalue weighted by Crippen LogP contribution is 2.42. The van der Waals surface area contributed by atoms with Gasteiger partial charge in [-0.3, -0.25) is 0 Å². The van der Waals surface area contributed by atoms with Crippen LogP contribution in [-0.2, 0) is 4.74 Å². The second kappa shape index (κ2) is 4.34. The van der Waals surface area contributed by atoms with E-state index in [0.717, 1.165) is 11.6 Å². The highest BCUT2D eigenvalue weighted by molar-refractivity contribution is 7.22. The van der Waals surface area contributed by atoms with E-state index in [2.05, 4.69) is 36.4 Å². The van der Waals surface area contributed by atoms with Crippen molar-refractivity contribution >= 4 is 33.0 Å². The average Bonchev–Trinajstić information content (AvgIpc) is 3.17. The molecule has 1 unspecified atom stereocenters. The molecule has 1 aliphatic rings. The smallest absolute Gasteiger partial charge is 0.107 e. The largest absolute Gasteiger partial charge is 0.368 e. The number of epoxide rings is 1. The average molecular weight is 287 g/mol. The summed E-state index contributed by atoms with van der Waals surface area (Å²) in [6.45, 7) is 0.804. The first-order valence-electron chi connectivity index (χ1n) is 6.21. The van der Waals surface area contributed by atoms with Crippen LogP contribution >= 0.6 is 22.9 Å². The van der Waals surface area contributed by atoms with Crippen molar-refractivity contribution in [3.63, 3.8) is 0 Å². The maximum atomic E-state index is 6.10. The van der Waals surface area contributed by atoms with Gasteiger partial charge in [0.2, 0.25) is 0 Å². The van der Waals surface area contributed by atoms with Crippen LogP contribution in [0.5, 0.6) is 0 Å². The summed E-state index contributed by atoms with van der Waals surface area (Å²) in [6, 6.07) is 16.8. The van der Waals surface area contributed by atoms with E-state index in [1.54, 1.807) is 0 Å². The van der Waals surface area contributed by atoms with Crippen LogP contribution in [0.4, 0.5) is 0 Å². The Morgan fingerprint density at radius 3 is 2.74 bits per heavy atom. The number of hydrogen-bond donors (Lipinski definition) is 0. The minimum Gasteiger partial charge on any atom is -0.368 e. The summed E-state index contributed by atoms with van der Waals surface area (Å²) < 4.78 is 6.75. The minimum absolute atomic E-state index is 0.221. The van der Waals surface area contributed by atoms with Gasteiger partial charge in [-0.25, -0.2) is 0 Å². The van der Waals surface area contributed by atoms with E-state index < -0.39 is 0 Å². The van der Waals surface area contributed by atoms with Crippen molar-refractivity contribution in [2.24, 2.45) is 0 Å². The summed E-state index contributed by atoms with van der Waals surface area (Å²) in [5.74, 6) is 0. The lowest BCUT2D eigenvalue weighted by Gasteiger charge is -2.05. The topological polar surface area (TPSA) is 12.5 Å². The minimum atomic E-state index is 0.221. The summed E-state index contributed by atoms with van der Waals surface area (Å²) in [7, 11) is 0. The van der Waals surface area contributed by atoms with Gasteiger partial charge in [-0.2, -0.15) is 0 Å². The molecule has 0 radical (unpaired) electrons. The van der Waals surface area contributed by atoms with E-state index in [-0.39, 0.29) is 6.10 Å². The lowest BCUT2D eigenvalue weighted by atomic mass is 10.0. The van der Waals surface area contributed by atoms with Crippen molar-refractivity contribution in [3.05, 3.63) is 59.1 Å². The quantitative estimate of drug-likeness (QED) is 0.583. The number of benzene rings is 2. The van der Waals surface area contributed by atoms with E-state index in [4.69, 9.17) is 16.3 Å². The zero-order valence-electron chi connectivity index (χ0n) is 10.1. The lowest BCUT2D eigenvalue weighted by Crippen LogP contribution is -1.86. The molecule has 19 heavy (non-hydrogen) atoms. The molecule has 3 aromatic rings. The van der Waals surface area contributed by atoms with E-state index in [0.29, 0.717) is 0 Å². The van der Waals surface area contributed by atoms with Crippen LogP contribution in [0.1, 0.15) is 11.7 Å². The molecule has 3 heteroatoms. The Balaban J connectivity index is 1.91. The third kappa shape index (κ3) is 2.06. The monoisotopic (exact) mass is 286 g/mol. The van der Waals surface area contributed by atoms with Gasteiger partial charge in [-0.1, -0.05) is 35.9 Å². The molecule has 1 nitrogen and oxygen atoms in total. The normalized spacial score (nSPS) is 17.8. The number of hydrogen-bond acceptors (Lipinski definition) is 2. The standard InChI is InChI=1S/C16H11ClOS/c17-11-5-6-12(13(8-11)14-9-18-14)16-7-10-3-1-2-4-15(10)19-16/h1-8,14H,9H2. The zero-order chi connectivity index (χ0) is 12.8. The molecule has 1 aliphatic heterocycles. The molecular formula is C16H11ClOS. The molecule has 0 amide bonds. The molecule has 1 atom stereocenters. The van der Waals surface area contributed by atoms with Crippen molar-refractivity contribution in [3.8, 4) is 10.4 Å². The van der Waals surface area contributed by atoms with Gasteiger partial charge in [0, 0.05) is 14.6 Å². The lowest BCUT2D eigenvalue weighted by molar-refractivity contribution is 0.416. The molecule has 2 heterocycles. The van der Waals surface area contributed by atoms with Gasteiger partial charge in [-0.05, 0) is 40.8 Å². The zero-order valence-corrected chi connectivity index (χ0v) is 11.7. The first-order valence-corrected chi connectivity index (χ1v) is 7.41. The van der Waals surface area contributed by atoms with Crippen molar-refractivity contribution in [1.29, 1.82) is 0 Å². The fourth-order valence-corrected chi connectivity index (χ4v) is 3.66.